The molecule has 6 heterocycles. The third-order valence-corrected chi connectivity index (χ3v) is 7.76. The molecule has 0 unspecified atom stereocenters. The summed E-state index contributed by atoms with van der Waals surface area (Å²) in [5.41, 5.74) is 8.98. The summed E-state index contributed by atoms with van der Waals surface area (Å²) in [5, 5.41) is 9.14. The van der Waals surface area contributed by atoms with E-state index in [0.717, 1.165) is 102 Å². The van der Waals surface area contributed by atoms with Crippen molar-refractivity contribution in [1.82, 2.24) is 9.80 Å². The molecule has 42 heavy (non-hydrogen) atoms. The summed E-state index contributed by atoms with van der Waals surface area (Å²) >= 11 is 0. The molecule has 0 saturated carbocycles. The van der Waals surface area contributed by atoms with Crippen molar-refractivity contribution < 1.29 is 9.84 Å². The highest BCUT2D eigenvalue weighted by atomic mass is 16.5. The van der Waals surface area contributed by atoms with Gasteiger partial charge < -0.3 is 9.84 Å². The summed E-state index contributed by atoms with van der Waals surface area (Å²) in [6.07, 6.45) is 22.1. The van der Waals surface area contributed by atoms with Crippen molar-refractivity contribution in [2.24, 2.45) is 20.0 Å². The van der Waals surface area contributed by atoms with Crippen LogP contribution in [0.2, 0.25) is 0 Å². The molecular formula is C34H32N6O2. The highest BCUT2D eigenvalue weighted by molar-refractivity contribution is 6.19. The number of rotatable bonds is 7. The third kappa shape index (κ3) is 6.06. The molecule has 8 bridgehead atoms. The second-order valence-corrected chi connectivity index (χ2v) is 10.7. The van der Waals surface area contributed by atoms with Gasteiger partial charge in [0.25, 0.3) is 0 Å². The lowest BCUT2D eigenvalue weighted by Crippen LogP contribution is -2.48. The van der Waals surface area contributed by atoms with E-state index in [1.807, 2.05) is 72.9 Å². The van der Waals surface area contributed by atoms with Crippen LogP contribution in [0.5, 0.6) is 5.75 Å². The topological polar surface area (TPSA) is 85.4 Å². The minimum absolute atomic E-state index is 0.224. The predicted octanol–water partition coefficient (Wildman–Crippen LogP) is 4.09. The Hall–Kier alpha value is -4.50. The smallest absolute Gasteiger partial charge is 0.119 e. The van der Waals surface area contributed by atoms with Crippen molar-refractivity contribution >= 4 is 28.4 Å². The van der Waals surface area contributed by atoms with E-state index in [4.69, 9.17) is 24.8 Å². The summed E-state index contributed by atoms with van der Waals surface area (Å²) in [6.45, 7) is 6.53. The van der Waals surface area contributed by atoms with Crippen LogP contribution in [0.4, 0.5) is 0 Å². The molecule has 0 aromatic heterocycles. The number of nitrogens with zero attached hydrogens (tertiary/aromatic N) is 6. The van der Waals surface area contributed by atoms with Crippen molar-refractivity contribution in [3.63, 3.8) is 0 Å². The van der Waals surface area contributed by atoms with Crippen LogP contribution in [-0.4, -0.2) is 90.2 Å². The normalized spacial score (nSPS) is 21.3. The van der Waals surface area contributed by atoms with E-state index in [9.17, 15) is 0 Å². The molecule has 1 aromatic carbocycles. The molecule has 0 spiro atoms. The van der Waals surface area contributed by atoms with E-state index in [0.29, 0.717) is 6.61 Å². The molecule has 1 saturated heterocycles. The Morgan fingerprint density at radius 2 is 1.14 bits per heavy atom. The van der Waals surface area contributed by atoms with Gasteiger partial charge in [-0.3, -0.25) is 9.80 Å². The van der Waals surface area contributed by atoms with E-state index in [1.54, 1.807) is 0 Å². The molecular weight excluding hydrogens is 524 g/mol. The molecule has 1 aromatic rings. The second kappa shape index (κ2) is 11.8. The zero-order valence-corrected chi connectivity index (χ0v) is 23.4. The monoisotopic (exact) mass is 556 g/mol. The SMILES string of the molecule is OCCN1CCN(CCOc2ccc(C3=CC4=NC3=CC3=NC(=CC5=NC(=CC6=NC(=C4)C=C6)C=C5)C=C3)cc2)CC1. The molecule has 8 heteroatoms. The molecule has 1 N–H and O–H groups in total. The molecule has 1 fully saturated rings. The quantitative estimate of drug-likeness (QED) is 0.548. The Morgan fingerprint density at radius 3 is 1.74 bits per heavy atom. The van der Waals surface area contributed by atoms with Gasteiger partial charge in [-0.2, -0.15) is 0 Å². The Labute approximate surface area is 245 Å². The van der Waals surface area contributed by atoms with Crippen molar-refractivity contribution in [2.75, 3.05) is 52.5 Å². The maximum Gasteiger partial charge on any atom is 0.119 e. The van der Waals surface area contributed by atoms with E-state index < -0.39 is 0 Å². The fraction of sp³-hybridized carbons (Fsp3) is 0.235. The Balaban J connectivity index is 1.08. The van der Waals surface area contributed by atoms with Crippen LogP contribution in [0.1, 0.15) is 5.56 Å². The summed E-state index contributed by atoms with van der Waals surface area (Å²) in [5.74, 6) is 0.854. The largest absolute Gasteiger partial charge is 0.492 e. The summed E-state index contributed by atoms with van der Waals surface area (Å²) < 4.78 is 6.08. The number of allylic oxidation sites excluding steroid dienone is 12. The number of aliphatic hydroxyl groups excluding tert-OH is 1. The molecule has 0 atom stereocenters. The van der Waals surface area contributed by atoms with Gasteiger partial charge in [0.1, 0.15) is 12.4 Å². The number of hydrogen-bond donors (Lipinski definition) is 1. The van der Waals surface area contributed by atoms with Crippen molar-refractivity contribution in [1.29, 1.82) is 0 Å². The molecule has 6 aliphatic heterocycles. The first-order valence-electron chi connectivity index (χ1n) is 14.4. The Morgan fingerprint density at radius 1 is 0.595 bits per heavy atom. The average Bonchev–Trinajstić information content (AvgIpc) is 3.80. The van der Waals surface area contributed by atoms with Gasteiger partial charge in [-0.15, -0.1) is 0 Å². The lowest BCUT2D eigenvalue weighted by atomic mass is 10.0. The number of hydrogen-bond acceptors (Lipinski definition) is 8. The summed E-state index contributed by atoms with van der Waals surface area (Å²) in [6, 6.07) is 8.24. The van der Waals surface area contributed by atoms with E-state index in [1.165, 1.54) is 0 Å². The molecule has 7 rings (SSSR count). The first-order chi connectivity index (χ1) is 20.7. The minimum Gasteiger partial charge on any atom is -0.492 e. The Bertz CT molecular complexity index is 1650. The standard InChI is InChI=1S/C34H32N6O2/c41-17-15-39-11-13-40(14-12-39)16-18-42-32-9-1-24(2-10-32)33-22-31-21-29-6-5-27(36-29)19-25-3-4-26(35-25)20-28-7-8-30(37-28)23-34(33)38-31/h1-10,19-23,41H,11-18H2. The molecule has 8 nitrogen and oxygen atoms in total. The maximum atomic E-state index is 9.14. The van der Waals surface area contributed by atoms with E-state index in [-0.39, 0.29) is 6.61 Å². The van der Waals surface area contributed by atoms with Crippen molar-refractivity contribution in [3.05, 3.63) is 119 Å². The van der Waals surface area contributed by atoms with Crippen LogP contribution in [0.3, 0.4) is 0 Å². The molecule has 6 aliphatic rings. The first kappa shape index (κ1) is 26.4. The van der Waals surface area contributed by atoms with Gasteiger partial charge in [-0.05, 0) is 84.5 Å². The summed E-state index contributed by atoms with van der Waals surface area (Å²) in [4.78, 5) is 23.9. The number of benzene rings is 1. The Kier molecular flexibility index (Phi) is 7.40. The zero-order chi connectivity index (χ0) is 28.3. The third-order valence-electron chi connectivity index (χ3n) is 7.76. The number of piperazine rings is 1. The fourth-order valence-electron chi connectivity index (χ4n) is 5.53. The number of ether oxygens (including phenoxy) is 1. The van der Waals surface area contributed by atoms with Gasteiger partial charge in [-0.25, -0.2) is 20.0 Å². The van der Waals surface area contributed by atoms with Crippen LogP contribution in [0.25, 0.3) is 5.57 Å². The van der Waals surface area contributed by atoms with Gasteiger partial charge in [-0.1, -0.05) is 12.1 Å². The molecule has 210 valence electrons. The molecule has 0 aliphatic carbocycles. The van der Waals surface area contributed by atoms with Crippen LogP contribution >= 0.6 is 0 Å². The van der Waals surface area contributed by atoms with Gasteiger partial charge >= 0.3 is 0 Å². The number of aliphatic imine (C=N–C) groups is 4. The molecule has 0 amide bonds. The van der Waals surface area contributed by atoms with Gasteiger partial charge in [0.2, 0.25) is 0 Å². The van der Waals surface area contributed by atoms with Crippen molar-refractivity contribution in [3.8, 4) is 5.75 Å². The lowest BCUT2D eigenvalue weighted by Gasteiger charge is -2.34. The molecule has 0 radical (unpaired) electrons. The fourth-order valence-corrected chi connectivity index (χ4v) is 5.53. The van der Waals surface area contributed by atoms with E-state index in [2.05, 4.69) is 33.0 Å². The van der Waals surface area contributed by atoms with Crippen LogP contribution in [-0.2, 0) is 0 Å². The number of aliphatic hydroxyl groups is 1. The first-order valence-corrected chi connectivity index (χ1v) is 14.4. The average molecular weight is 557 g/mol. The van der Waals surface area contributed by atoms with Gasteiger partial charge in [0.05, 0.1) is 52.2 Å². The van der Waals surface area contributed by atoms with Crippen LogP contribution in [0.15, 0.2) is 134 Å². The number of fused-ring (bicyclic) bond motifs is 4. The second-order valence-electron chi connectivity index (χ2n) is 10.7. The summed E-state index contributed by atoms with van der Waals surface area (Å²) in [7, 11) is 0. The van der Waals surface area contributed by atoms with Crippen LogP contribution in [0, 0.1) is 0 Å². The van der Waals surface area contributed by atoms with Crippen LogP contribution < -0.4 is 4.74 Å². The zero-order valence-electron chi connectivity index (χ0n) is 23.4. The predicted molar refractivity (Wildman–Crippen MR) is 169 cm³/mol. The van der Waals surface area contributed by atoms with Crippen molar-refractivity contribution in [2.45, 2.75) is 0 Å². The van der Waals surface area contributed by atoms with Gasteiger partial charge in [0, 0.05) is 44.8 Å². The maximum absolute atomic E-state index is 9.14. The van der Waals surface area contributed by atoms with Gasteiger partial charge in [0.15, 0.2) is 0 Å². The minimum atomic E-state index is 0.224. The number of β-amino-alcohol motifs (C(OH)–C–C–N with tert-alkyl or cyclic N) is 1. The highest BCUT2D eigenvalue weighted by Crippen LogP contribution is 2.32. The van der Waals surface area contributed by atoms with E-state index >= 15 is 0 Å². The lowest BCUT2D eigenvalue weighted by molar-refractivity contribution is 0.102. The highest BCUT2D eigenvalue weighted by Gasteiger charge is 2.19.